The first-order chi connectivity index (χ1) is 19.5. The Morgan fingerprint density at radius 2 is 2.05 bits per heavy atom. The van der Waals surface area contributed by atoms with Gasteiger partial charge in [-0.2, -0.15) is 5.10 Å². The molecule has 1 fully saturated rings. The Kier molecular flexibility index (Phi) is 6.82. The van der Waals surface area contributed by atoms with Crippen molar-refractivity contribution in [2.75, 3.05) is 18.5 Å². The average Bonchev–Trinajstić information content (AvgIpc) is 3.26. The van der Waals surface area contributed by atoms with Gasteiger partial charge in [0, 0.05) is 59.8 Å². The molecule has 204 valence electrons. The number of aryl methyl sites for hydroxylation is 1. The lowest BCUT2D eigenvalue weighted by molar-refractivity contribution is 0.252. The van der Waals surface area contributed by atoms with E-state index in [1.807, 2.05) is 25.5 Å². The first kappa shape index (κ1) is 25.4. The molecule has 0 atom stereocenters. The van der Waals surface area contributed by atoms with Gasteiger partial charge in [0.25, 0.3) is 5.89 Å². The van der Waals surface area contributed by atoms with Crippen molar-refractivity contribution in [1.82, 2.24) is 40.2 Å². The predicted octanol–water partition coefficient (Wildman–Crippen LogP) is 3.94. The van der Waals surface area contributed by atoms with E-state index in [-0.39, 0.29) is 11.9 Å². The molecule has 40 heavy (non-hydrogen) atoms. The van der Waals surface area contributed by atoms with Crippen molar-refractivity contribution in [2.24, 2.45) is 13.0 Å². The van der Waals surface area contributed by atoms with Crippen molar-refractivity contribution < 1.29 is 13.9 Å². The van der Waals surface area contributed by atoms with E-state index in [1.54, 1.807) is 35.4 Å². The second kappa shape index (κ2) is 10.7. The lowest BCUT2D eigenvalue weighted by Crippen LogP contribution is -2.28. The fraction of sp³-hybridized carbons (Fsp3) is 0.269. The van der Waals surface area contributed by atoms with Crippen LogP contribution in [0.4, 0.5) is 10.6 Å². The van der Waals surface area contributed by atoms with Gasteiger partial charge in [0.1, 0.15) is 10.8 Å². The molecule has 0 bridgehead atoms. The Labute approximate surface area is 231 Å². The van der Waals surface area contributed by atoms with E-state index in [4.69, 9.17) is 14.1 Å². The zero-order chi connectivity index (χ0) is 27.6. The number of H-pyrrole nitrogens is 1. The number of pyridine rings is 2. The number of carbonyl (C=O) groups is 1. The van der Waals surface area contributed by atoms with Crippen molar-refractivity contribution in [3.8, 4) is 50.3 Å². The second-order valence-corrected chi connectivity index (χ2v) is 10.1. The molecule has 6 rings (SSSR count). The molecule has 0 aromatic carbocycles. The number of aromatic nitrogens is 7. The Bertz CT molecular complexity index is 1730. The molecule has 0 spiro atoms. The highest BCUT2D eigenvalue weighted by Crippen LogP contribution is 2.41. The average molecular weight is 560 g/mol. The van der Waals surface area contributed by atoms with E-state index < -0.39 is 5.76 Å². The second-order valence-electron chi connectivity index (χ2n) is 9.29. The molecule has 0 saturated heterocycles. The minimum Gasteiger partial charge on any atom is -0.477 e. The number of amides is 2. The highest BCUT2D eigenvalue weighted by Gasteiger charge is 2.25. The molecule has 0 radical (unpaired) electrons. The van der Waals surface area contributed by atoms with E-state index in [0.717, 1.165) is 24.1 Å². The third-order valence-corrected chi connectivity index (χ3v) is 7.07. The predicted molar refractivity (Wildman–Crippen MR) is 148 cm³/mol. The summed E-state index contributed by atoms with van der Waals surface area (Å²) in [5.74, 6) is 0.695. The van der Waals surface area contributed by atoms with Crippen LogP contribution in [0.5, 0.6) is 5.88 Å². The number of thiazole rings is 1. The maximum atomic E-state index is 12.3. The standard InChI is InChI=1S/C26H25N9O4S/c1-3-27-25(36)32-21-7-18(24-31-20(13-40-24)16-9-30-35(2)11-16)19(10-28-21)17-6-15(22-33-34-26(37)39-22)8-29-23(17)38-12-14-4-5-14/h6-11,13-14H,3-5,12H2,1-2H3,(H,34,37)(H2,27,28,32,36). The van der Waals surface area contributed by atoms with Crippen LogP contribution in [0, 0.1) is 5.92 Å². The molecule has 2 amide bonds. The minimum absolute atomic E-state index is 0.102. The van der Waals surface area contributed by atoms with Crippen LogP contribution in [0.15, 0.2) is 51.5 Å². The molecule has 0 aliphatic heterocycles. The third-order valence-electron chi connectivity index (χ3n) is 6.20. The van der Waals surface area contributed by atoms with Crippen LogP contribution in [0.25, 0.3) is 44.4 Å². The first-order valence-corrected chi connectivity index (χ1v) is 13.5. The van der Waals surface area contributed by atoms with E-state index in [0.29, 0.717) is 58.0 Å². The summed E-state index contributed by atoms with van der Waals surface area (Å²) >= 11 is 1.45. The largest absolute Gasteiger partial charge is 0.477 e. The van der Waals surface area contributed by atoms with Crippen LogP contribution in [-0.4, -0.2) is 54.1 Å². The van der Waals surface area contributed by atoms with Gasteiger partial charge in [0.15, 0.2) is 0 Å². The van der Waals surface area contributed by atoms with Crippen molar-refractivity contribution in [2.45, 2.75) is 19.8 Å². The van der Waals surface area contributed by atoms with Gasteiger partial charge in [-0.1, -0.05) is 0 Å². The summed E-state index contributed by atoms with van der Waals surface area (Å²) in [4.78, 5) is 37.8. The van der Waals surface area contributed by atoms with E-state index in [2.05, 4.69) is 35.9 Å². The number of aromatic amines is 1. The van der Waals surface area contributed by atoms with Crippen LogP contribution >= 0.6 is 11.3 Å². The Morgan fingerprint density at radius 1 is 1.18 bits per heavy atom. The van der Waals surface area contributed by atoms with Gasteiger partial charge in [-0.15, -0.1) is 16.4 Å². The maximum Gasteiger partial charge on any atom is 0.434 e. The summed E-state index contributed by atoms with van der Waals surface area (Å²) in [7, 11) is 1.85. The number of hydrogen-bond donors (Lipinski definition) is 3. The Morgan fingerprint density at radius 3 is 2.77 bits per heavy atom. The molecule has 5 heterocycles. The number of rotatable bonds is 9. The minimum atomic E-state index is -0.667. The van der Waals surface area contributed by atoms with Gasteiger partial charge in [0.05, 0.1) is 24.1 Å². The molecule has 3 N–H and O–H groups in total. The molecule has 0 unspecified atom stereocenters. The highest BCUT2D eigenvalue weighted by atomic mass is 32.1. The van der Waals surface area contributed by atoms with Crippen LogP contribution < -0.4 is 21.1 Å². The summed E-state index contributed by atoms with van der Waals surface area (Å²) in [5.41, 5.74) is 4.13. The highest BCUT2D eigenvalue weighted by molar-refractivity contribution is 7.13. The summed E-state index contributed by atoms with van der Waals surface area (Å²) in [5, 5.41) is 18.6. The van der Waals surface area contributed by atoms with Crippen LogP contribution in [0.2, 0.25) is 0 Å². The first-order valence-electron chi connectivity index (χ1n) is 12.7. The molecular formula is C26H25N9O4S. The smallest absolute Gasteiger partial charge is 0.434 e. The van der Waals surface area contributed by atoms with Crippen molar-refractivity contribution in [3.63, 3.8) is 0 Å². The number of urea groups is 1. The molecule has 5 aromatic heterocycles. The monoisotopic (exact) mass is 559 g/mol. The SMILES string of the molecule is CCNC(=O)Nc1cc(-c2nc(-c3cnn(C)c3)cs2)c(-c2cc(-c3n[nH]c(=O)o3)cnc2OCC2CC2)cn1. The zero-order valence-electron chi connectivity index (χ0n) is 21.7. The molecule has 14 heteroatoms. The zero-order valence-corrected chi connectivity index (χ0v) is 22.5. The lowest BCUT2D eigenvalue weighted by Gasteiger charge is -2.15. The van der Waals surface area contributed by atoms with E-state index in [9.17, 15) is 9.59 Å². The van der Waals surface area contributed by atoms with Crippen molar-refractivity contribution in [1.29, 1.82) is 0 Å². The summed E-state index contributed by atoms with van der Waals surface area (Å²) < 4.78 is 13.0. The van der Waals surface area contributed by atoms with Gasteiger partial charge in [0.2, 0.25) is 5.88 Å². The Hall–Kier alpha value is -4.85. The molecule has 13 nitrogen and oxygen atoms in total. The lowest BCUT2D eigenvalue weighted by atomic mass is 10.0. The van der Waals surface area contributed by atoms with Crippen molar-refractivity contribution in [3.05, 3.63) is 52.9 Å². The maximum absolute atomic E-state index is 12.3. The van der Waals surface area contributed by atoms with Crippen LogP contribution in [0.3, 0.4) is 0 Å². The number of carbonyl (C=O) groups excluding carboxylic acids is 1. The van der Waals surface area contributed by atoms with Gasteiger partial charge in [-0.25, -0.2) is 29.6 Å². The Balaban J connectivity index is 1.48. The quantitative estimate of drug-likeness (QED) is 0.242. The fourth-order valence-electron chi connectivity index (χ4n) is 4.03. The third kappa shape index (κ3) is 5.47. The number of nitrogens with zero attached hydrogens (tertiary/aromatic N) is 6. The molecule has 1 aliphatic carbocycles. The van der Waals surface area contributed by atoms with Crippen LogP contribution in [-0.2, 0) is 7.05 Å². The van der Waals surface area contributed by atoms with Crippen LogP contribution in [0.1, 0.15) is 19.8 Å². The van der Waals surface area contributed by atoms with Gasteiger partial charge in [-0.3, -0.25) is 10.00 Å². The number of hydrogen-bond acceptors (Lipinski definition) is 10. The topological polar surface area (TPSA) is 166 Å². The van der Waals surface area contributed by atoms with Gasteiger partial charge < -0.3 is 14.5 Å². The van der Waals surface area contributed by atoms with Gasteiger partial charge in [-0.05, 0) is 37.8 Å². The summed E-state index contributed by atoms with van der Waals surface area (Å²) in [6, 6.07) is 3.19. The fourth-order valence-corrected chi connectivity index (χ4v) is 4.89. The molecule has 1 aliphatic rings. The van der Waals surface area contributed by atoms with Gasteiger partial charge >= 0.3 is 11.8 Å². The normalized spacial score (nSPS) is 12.8. The summed E-state index contributed by atoms with van der Waals surface area (Å²) in [6.45, 7) is 2.85. The van der Waals surface area contributed by atoms with Crippen molar-refractivity contribution >= 4 is 23.2 Å². The number of ether oxygens (including phenoxy) is 1. The summed E-state index contributed by atoms with van der Waals surface area (Å²) in [6.07, 6.45) is 9.08. The molecule has 1 saturated carbocycles. The molecular weight excluding hydrogens is 534 g/mol. The van der Waals surface area contributed by atoms with E-state index >= 15 is 0 Å². The van der Waals surface area contributed by atoms with E-state index in [1.165, 1.54) is 11.3 Å². The number of nitrogens with one attached hydrogen (secondary N) is 3. The number of anilines is 1. The molecule has 5 aromatic rings.